The Morgan fingerprint density at radius 1 is 1.15 bits per heavy atom. The fraction of sp³-hybridized carbons (Fsp3) is 0.500. The number of benzene rings is 1. The minimum Gasteiger partial charge on any atom is -0.443 e. The first-order valence-corrected chi connectivity index (χ1v) is 8.69. The van der Waals surface area contributed by atoms with Crippen LogP contribution in [0.5, 0.6) is 0 Å². The van der Waals surface area contributed by atoms with Crippen molar-refractivity contribution in [2.75, 3.05) is 0 Å². The second-order valence-electron chi connectivity index (χ2n) is 7.51. The molecule has 2 bridgehead atoms. The van der Waals surface area contributed by atoms with Crippen LogP contribution in [0.15, 0.2) is 24.3 Å². The van der Waals surface area contributed by atoms with E-state index in [-0.39, 0.29) is 5.92 Å². The van der Waals surface area contributed by atoms with Gasteiger partial charge in [-0.3, -0.25) is 5.41 Å². The van der Waals surface area contributed by atoms with Crippen molar-refractivity contribution >= 4 is 5.90 Å². The summed E-state index contributed by atoms with van der Waals surface area (Å²) < 4.78 is 25.4. The molecule has 138 valence electrons. The zero-order valence-electron chi connectivity index (χ0n) is 15.3. The van der Waals surface area contributed by atoms with Crippen LogP contribution in [0.25, 0.3) is 0 Å². The highest BCUT2D eigenvalue weighted by Crippen LogP contribution is 2.66. The Hall–Kier alpha value is -2.95. The quantitative estimate of drug-likeness (QED) is 0.878. The van der Waals surface area contributed by atoms with Gasteiger partial charge >= 0.3 is 0 Å². The van der Waals surface area contributed by atoms with Crippen molar-refractivity contribution in [1.82, 2.24) is 0 Å². The van der Waals surface area contributed by atoms with Gasteiger partial charge in [0.1, 0.15) is 5.82 Å². The summed E-state index contributed by atoms with van der Waals surface area (Å²) in [5, 5.41) is 38.4. The molecule has 6 nitrogen and oxygen atoms in total. The molecular weight excluding hydrogens is 347 g/mol. The molecule has 2 heterocycles. The Bertz CT molecular complexity index is 894. The lowest BCUT2D eigenvalue weighted by Crippen LogP contribution is -2.61. The molecule has 0 amide bonds. The van der Waals surface area contributed by atoms with Gasteiger partial charge in [0.25, 0.3) is 0 Å². The van der Waals surface area contributed by atoms with Gasteiger partial charge in [0.2, 0.25) is 11.7 Å². The van der Waals surface area contributed by atoms with Crippen molar-refractivity contribution in [3.8, 4) is 18.2 Å². The fourth-order valence-corrected chi connectivity index (χ4v) is 4.30. The highest BCUT2D eigenvalue weighted by molar-refractivity contribution is 5.89. The standard InChI is InChI=1S/C20H19FN4O2/c1-12(2)8-16-18(9-22,10-23)19(11-24)13(3)20(26-16,27-17(19)25)14-4-6-15(21)7-5-14/h4-7,12-13,16,25H,8H2,1-3H3. The molecule has 3 rings (SSSR count). The Labute approximate surface area is 157 Å². The van der Waals surface area contributed by atoms with Crippen molar-refractivity contribution in [1.29, 1.82) is 21.2 Å². The largest absolute Gasteiger partial charge is 0.443 e. The van der Waals surface area contributed by atoms with Gasteiger partial charge in [0.15, 0.2) is 10.8 Å². The first-order chi connectivity index (χ1) is 12.7. The maximum Gasteiger partial charge on any atom is 0.243 e. The molecular formula is C20H19FN4O2. The van der Waals surface area contributed by atoms with Crippen molar-refractivity contribution in [3.05, 3.63) is 35.6 Å². The van der Waals surface area contributed by atoms with Gasteiger partial charge in [-0.25, -0.2) is 4.39 Å². The second kappa shape index (κ2) is 6.05. The van der Waals surface area contributed by atoms with E-state index in [1.165, 1.54) is 24.3 Å². The second-order valence-corrected chi connectivity index (χ2v) is 7.51. The smallest absolute Gasteiger partial charge is 0.243 e. The molecule has 1 aromatic rings. The predicted octanol–water partition coefficient (Wildman–Crippen LogP) is 3.61. The zero-order chi connectivity index (χ0) is 20.0. The first kappa shape index (κ1) is 18.8. The molecule has 0 aromatic heterocycles. The average molecular weight is 366 g/mol. The topological polar surface area (TPSA) is 114 Å². The summed E-state index contributed by atoms with van der Waals surface area (Å²) in [4.78, 5) is 0. The number of rotatable bonds is 3. The van der Waals surface area contributed by atoms with E-state index in [1.807, 2.05) is 26.0 Å². The summed E-state index contributed by atoms with van der Waals surface area (Å²) in [6.07, 6.45) is -0.618. The molecule has 1 N–H and O–H groups in total. The number of nitriles is 3. The fourth-order valence-electron chi connectivity index (χ4n) is 4.30. The molecule has 2 aliphatic heterocycles. The SMILES string of the molecule is CC(C)CC1OC2(c3ccc(F)cc3)OC(=N)C(C#N)(C2C)C1(C#N)C#N. The number of nitrogens with one attached hydrogen (secondary N) is 1. The highest BCUT2D eigenvalue weighted by atomic mass is 19.1. The molecule has 0 radical (unpaired) electrons. The van der Waals surface area contributed by atoms with Crippen molar-refractivity contribution in [2.24, 2.45) is 22.7 Å². The Kier molecular flexibility index (Phi) is 4.22. The van der Waals surface area contributed by atoms with Crippen LogP contribution in [0.2, 0.25) is 0 Å². The van der Waals surface area contributed by atoms with Crippen molar-refractivity contribution in [2.45, 2.75) is 39.1 Å². The van der Waals surface area contributed by atoms with Gasteiger partial charge in [-0.1, -0.05) is 20.8 Å². The number of nitrogens with zero attached hydrogens (tertiary/aromatic N) is 3. The monoisotopic (exact) mass is 366 g/mol. The van der Waals surface area contributed by atoms with E-state index in [0.717, 1.165) is 0 Å². The van der Waals surface area contributed by atoms with Gasteiger partial charge in [-0.15, -0.1) is 0 Å². The molecule has 2 aliphatic rings. The van der Waals surface area contributed by atoms with Crippen LogP contribution in [0.1, 0.15) is 32.8 Å². The van der Waals surface area contributed by atoms with Crippen LogP contribution >= 0.6 is 0 Å². The molecule has 27 heavy (non-hydrogen) atoms. The van der Waals surface area contributed by atoms with Gasteiger partial charge in [0.05, 0.1) is 30.2 Å². The molecule has 0 spiro atoms. The molecule has 4 atom stereocenters. The average Bonchev–Trinajstić information content (AvgIpc) is 2.79. The summed E-state index contributed by atoms with van der Waals surface area (Å²) in [6, 6.07) is 11.5. The number of ether oxygens (including phenoxy) is 2. The van der Waals surface area contributed by atoms with Crippen molar-refractivity contribution in [3.63, 3.8) is 0 Å². The summed E-state index contributed by atoms with van der Waals surface area (Å²) in [5.41, 5.74) is -3.23. The van der Waals surface area contributed by atoms with Crippen LogP contribution in [-0.2, 0) is 15.3 Å². The minimum atomic E-state index is -1.89. The first-order valence-electron chi connectivity index (χ1n) is 8.69. The summed E-state index contributed by atoms with van der Waals surface area (Å²) in [6.45, 7) is 5.46. The normalized spacial score (nSPS) is 33.6. The van der Waals surface area contributed by atoms with Gasteiger partial charge in [-0.2, -0.15) is 15.8 Å². The third-order valence-electron chi connectivity index (χ3n) is 5.71. The predicted molar refractivity (Wildman–Crippen MR) is 92.1 cm³/mol. The third kappa shape index (κ3) is 2.14. The van der Waals surface area contributed by atoms with Gasteiger partial charge in [-0.05, 0) is 36.6 Å². The molecule has 0 saturated carbocycles. The van der Waals surface area contributed by atoms with E-state index >= 15 is 0 Å². The van der Waals surface area contributed by atoms with Crippen LogP contribution in [-0.4, -0.2) is 12.0 Å². The molecule has 2 fully saturated rings. The number of hydrogen-bond acceptors (Lipinski definition) is 6. The van der Waals surface area contributed by atoms with Crippen molar-refractivity contribution < 1.29 is 13.9 Å². The summed E-state index contributed by atoms with van der Waals surface area (Å²) in [7, 11) is 0. The molecule has 4 unspecified atom stereocenters. The van der Waals surface area contributed by atoms with Gasteiger partial charge in [0, 0.05) is 5.56 Å². The van der Waals surface area contributed by atoms with E-state index < -0.39 is 40.4 Å². The maximum atomic E-state index is 13.4. The zero-order valence-corrected chi connectivity index (χ0v) is 15.3. The molecule has 2 saturated heterocycles. The molecule has 7 heteroatoms. The van der Waals surface area contributed by atoms with E-state index in [4.69, 9.17) is 14.9 Å². The number of halogens is 1. The van der Waals surface area contributed by atoms with Crippen LogP contribution < -0.4 is 0 Å². The molecule has 0 aliphatic carbocycles. The summed E-state index contributed by atoms with van der Waals surface area (Å²) in [5.74, 6) is -3.19. The highest BCUT2D eigenvalue weighted by Gasteiger charge is 2.79. The maximum absolute atomic E-state index is 13.4. The lowest BCUT2D eigenvalue weighted by molar-refractivity contribution is -0.288. The van der Waals surface area contributed by atoms with Crippen LogP contribution in [0, 0.1) is 67.9 Å². The van der Waals surface area contributed by atoms with Crippen LogP contribution in [0.3, 0.4) is 0 Å². The lowest BCUT2D eigenvalue weighted by atomic mass is 9.53. The Morgan fingerprint density at radius 3 is 2.22 bits per heavy atom. The Morgan fingerprint density at radius 2 is 1.74 bits per heavy atom. The number of hydrogen-bond donors (Lipinski definition) is 1. The Balaban J connectivity index is 2.29. The summed E-state index contributed by atoms with van der Waals surface area (Å²) >= 11 is 0. The van der Waals surface area contributed by atoms with Crippen LogP contribution in [0.4, 0.5) is 4.39 Å². The van der Waals surface area contributed by atoms with E-state index in [2.05, 4.69) is 6.07 Å². The van der Waals surface area contributed by atoms with Gasteiger partial charge < -0.3 is 9.47 Å². The molecule has 1 aromatic carbocycles. The van der Waals surface area contributed by atoms with E-state index in [9.17, 15) is 20.2 Å². The van der Waals surface area contributed by atoms with E-state index in [0.29, 0.717) is 12.0 Å². The number of fused-ring (bicyclic) bond motifs is 2. The third-order valence-corrected chi connectivity index (χ3v) is 5.71. The minimum absolute atomic E-state index is 0.0686. The van der Waals surface area contributed by atoms with E-state index in [1.54, 1.807) is 6.92 Å². The lowest BCUT2D eigenvalue weighted by Gasteiger charge is -2.49.